The number of carbonyl (C=O) groups excluding carboxylic acids is 3. The molecule has 0 spiro atoms. The SMILES string of the molecule is CCCCCC[C@H](C)OC(=O)c1ccc(SC(=O)c2ccc(OC(=O)C34CCC(CCCCC)(CC3)CC4)cc2)cc1. The normalized spacial score (nSPS) is 22.0. The van der Waals surface area contributed by atoms with Crippen molar-refractivity contribution < 1.29 is 23.9 Å². The summed E-state index contributed by atoms with van der Waals surface area (Å²) in [5.41, 5.74) is 1.12. The smallest absolute Gasteiger partial charge is 0.338 e. The van der Waals surface area contributed by atoms with Gasteiger partial charge in [0, 0.05) is 10.5 Å². The highest BCUT2D eigenvalue weighted by atomic mass is 32.2. The molecule has 0 radical (unpaired) electrons. The molecule has 0 unspecified atom stereocenters. The highest BCUT2D eigenvalue weighted by Gasteiger charge is 2.52. The summed E-state index contributed by atoms with van der Waals surface area (Å²) >= 11 is 1.11. The Morgan fingerprint density at radius 2 is 1.36 bits per heavy atom. The second kappa shape index (κ2) is 15.2. The van der Waals surface area contributed by atoms with Crippen molar-refractivity contribution in [1.82, 2.24) is 0 Å². The number of benzene rings is 2. The average Bonchev–Trinajstić information content (AvgIpc) is 3.01. The quantitative estimate of drug-likeness (QED) is 0.0887. The Hall–Kier alpha value is -2.60. The molecular formula is C36H48O5S. The first-order chi connectivity index (χ1) is 20.3. The molecule has 0 aromatic heterocycles. The third kappa shape index (κ3) is 8.49. The van der Waals surface area contributed by atoms with E-state index in [9.17, 15) is 14.4 Å². The van der Waals surface area contributed by atoms with Crippen LogP contribution in [0.3, 0.4) is 0 Å². The number of rotatable bonds is 15. The Kier molecular flexibility index (Phi) is 11.7. The van der Waals surface area contributed by atoms with Gasteiger partial charge >= 0.3 is 11.9 Å². The monoisotopic (exact) mass is 592 g/mol. The maximum absolute atomic E-state index is 13.2. The predicted molar refractivity (Wildman–Crippen MR) is 169 cm³/mol. The van der Waals surface area contributed by atoms with Crippen LogP contribution in [0.15, 0.2) is 53.4 Å². The molecule has 3 saturated carbocycles. The van der Waals surface area contributed by atoms with E-state index in [4.69, 9.17) is 9.47 Å². The standard InChI is InChI=1S/C36H48O5S/c1-4-6-8-9-11-27(3)40-32(37)28-14-18-31(19-15-28)42-33(38)29-12-16-30(17-13-29)41-34(39)36-24-21-35(22-25-36,23-26-36)20-10-7-5-2/h12-19,27H,4-11,20-26H2,1-3H3/t27-,35?,36?/m0/s1. The summed E-state index contributed by atoms with van der Waals surface area (Å²) in [5.74, 6) is 0.0457. The Morgan fingerprint density at radius 1 is 0.762 bits per heavy atom. The van der Waals surface area contributed by atoms with E-state index in [1.807, 2.05) is 6.92 Å². The first-order valence-electron chi connectivity index (χ1n) is 16.1. The van der Waals surface area contributed by atoms with Gasteiger partial charge in [0.25, 0.3) is 0 Å². The van der Waals surface area contributed by atoms with Gasteiger partial charge in [0.15, 0.2) is 0 Å². The molecule has 0 heterocycles. The van der Waals surface area contributed by atoms with Crippen molar-refractivity contribution in [2.45, 2.75) is 128 Å². The maximum Gasteiger partial charge on any atom is 0.338 e. The molecule has 3 fully saturated rings. The van der Waals surface area contributed by atoms with Crippen LogP contribution in [0.4, 0.5) is 0 Å². The molecule has 2 aromatic carbocycles. The molecule has 3 aliphatic carbocycles. The molecule has 228 valence electrons. The Bertz CT molecular complexity index is 1160. The van der Waals surface area contributed by atoms with Gasteiger partial charge in [-0.1, -0.05) is 52.4 Å². The van der Waals surface area contributed by atoms with E-state index in [0.29, 0.717) is 22.3 Å². The van der Waals surface area contributed by atoms with Gasteiger partial charge in [-0.25, -0.2) is 4.79 Å². The molecule has 1 atom stereocenters. The fourth-order valence-corrected chi connectivity index (χ4v) is 7.30. The highest BCUT2D eigenvalue weighted by molar-refractivity contribution is 8.14. The van der Waals surface area contributed by atoms with Crippen LogP contribution in [-0.4, -0.2) is 23.2 Å². The summed E-state index contributed by atoms with van der Waals surface area (Å²) in [5, 5.41) is -0.110. The average molecular weight is 593 g/mol. The fourth-order valence-electron chi connectivity index (χ4n) is 6.56. The summed E-state index contributed by atoms with van der Waals surface area (Å²) in [7, 11) is 0. The zero-order valence-corrected chi connectivity index (χ0v) is 26.6. The molecule has 3 aliphatic rings. The number of ether oxygens (including phenoxy) is 2. The largest absolute Gasteiger partial charge is 0.459 e. The zero-order valence-electron chi connectivity index (χ0n) is 25.8. The van der Waals surface area contributed by atoms with Gasteiger partial charge in [-0.2, -0.15) is 0 Å². The third-order valence-electron chi connectivity index (χ3n) is 9.52. The second-order valence-corrected chi connectivity index (χ2v) is 13.7. The van der Waals surface area contributed by atoms with Crippen molar-refractivity contribution in [2.75, 3.05) is 0 Å². The Morgan fingerprint density at radius 3 is 1.98 bits per heavy atom. The van der Waals surface area contributed by atoms with Gasteiger partial charge in [-0.05, 0) is 130 Å². The van der Waals surface area contributed by atoms with Crippen LogP contribution in [0.2, 0.25) is 0 Å². The van der Waals surface area contributed by atoms with Crippen LogP contribution in [0.5, 0.6) is 5.75 Å². The van der Waals surface area contributed by atoms with Gasteiger partial charge in [0.2, 0.25) is 5.12 Å². The first-order valence-corrected chi connectivity index (χ1v) is 17.0. The molecule has 0 aliphatic heterocycles. The van der Waals surface area contributed by atoms with E-state index in [1.54, 1.807) is 48.5 Å². The molecule has 5 nitrogen and oxygen atoms in total. The molecule has 2 bridgehead atoms. The van der Waals surface area contributed by atoms with Gasteiger partial charge in [0.1, 0.15) is 5.75 Å². The van der Waals surface area contributed by atoms with Crippen molar-refractivity contribution >= 4 is 28.8 Å². The molecular weight excluding hydrogens is 544 g/mol. The number of hydrogen-bond acceptors (Lipinski definition) is 6. The van der Waals surface area contributed by atoms with Crippen molar-refractivity contribution in [3.63, 3.8) is 0 Å². The highest BCUT2D eigenvalue weighted by Crippen LogP contribution is 2.59. The van der Waals surface area contributed by atoms with Crippen molar-refractivity contribution in [3.05, 3.63) is 59.7 Å². The second-order valence-electron chi connectivity index (χ2n) is 12.6. The van der Waals surface area contributed by atoms with E-state index in [1.165, 1.54) is 38.5 Å². The van der Waals surface area contributed by atoms with Gasteiger partial charge in [0.05, 0.1) is 17.1 Å². The van der Waals surface area contributed by atoms with Crippen LogP contribution in [0, 0.1) is 10.8 Å². The van der Waals surface area contributed by atoms with Crippen molar-refractivity contribution in [2.24, 2.45) is 10.8 Å². The molecule has 0 N–H and O–H groups in total. The fraction of sp³-hybridized carbons (Fsp3) is 0.583. The lowest BCUT2D eigenvalue weighted by atomic mass is 9.52. The Balaban J connectivity index is 1.24. The minimum absolute atomic E-state index is 0.109. The summed E-state index contributed by atoms with van der Waals surface area (Å²) < 4.78 is 11.4. The molecule has 5 rings (SSSR count). The maximum atomic E-state index is 13.2. The van der Waals surface area contributed by atoms with Crippen LogP contribution >= 0.6 is 11.8 Å². The minimum Gasteiger partial charge on any atom is -0.459 e. The van der Waals surface area contributed by atoms with Gasteiger partial charge in [-0.3, -0.25) is 9.59 Å². The van der Waals surface area contributed by atoms with Crippen LogP contribution in [0.1, 0.15) is 138 Å². The van der Waals surface area contributed by atoms with Crippen LogP contribution < -0.4 is 4.74 Å². The Labute approximate surface area is 256 Å². The lowest BCUT2D eigenvalue weighted by molar-refractivity contribution is -0.156. The van der Waals surface area contributed by atoms with Gasteiger partial charge in [-0.15, -0.1) is 0 Å². The number of hydrogen-bond donors (Lipinski definition) is 0. The van der Waals surface area contributed by atoms with E-state index < -0.39 is 0 Å². The lowest BCUT2D eigenvalue weighted by Gasteiger charge is -2.52. The topological polar surface area (TPSA) is 69.7 Å². The van der Waals surface area contributed by atoms with Crippen LogP contribution in [-0.2, 0) is 9.53 Å². The van der Waals surface area contributed by atoms with Crippen molar-refractivity contribution in [3.8, 4) is 5.75 Å². The molecule has 0 saturated heterocycles. The molecule has 42 heavy (non-hydrogen) atoms. The van der Waals surface area contributed by atoms with E-state index >= 15 is 0 Å². The minimum atomic E-state index is -0.345. The number of unbranched alkanes of at least 4 members (excludes halogenated alkanes) is 5. The van der Waals surface area contributed by atoms with E-state index in [0.717, 1.165) is 74.4 Å². The van der Waals surface area contributed by atoms with Crippen molar-refractivity contribution in [1.29, 1.82) is 0 Å². The van der Waals surface area contributed by atoms with E-state index in [-0.39, 0.29) is 28.6 Å². The summed E-state index contributed by atoms with van der Waals surface area (Å²) in [6.07, 6.45) is 16.7. The molecule has 2 aromatic rings. The number of carbonyl (C=O) groups is 3. The number of thioether (sulfide) groups is 1. The summed E-state index contributed by atoms with van der Waals surface area (Å²) in [4.78, 5) is 39.4. The predicted octanol–water partition coefficient (Wildman–Crippen LogP) is 9.96. The number of fused-ring (bicyclic) bond motifs is 3. The third-order valence-corrected chi connectivity index (χ3v) is 10.4. The zero-order chi connectivity index (χ0) is 30.0. The van der Waals surface area contributed by atoms with E-state index in [2.05, 4.69) is 13.8 Å². The van der Waals surface area contributed by atoms with Crippen LogP contribution in [0.25, 0.3) is 0 Å². The first kappa shape index (κ1) is 32.3. The molecule has 0 amide bonds. The summed E-state index contributed by atoms with van der Waals surface area (Å²) in [6, 6.07) is 13.8. The van der Waals surface area contributed by atoms with Gasteiger partial charge < -0.3 is 9.47 Å². The molecule has 6 heteroatoms. The number of esters is 2. The summed E-state index contributed by atoms with van der Waals surface area (Å²) in [6.45, 7) is 6.36. The lowest BCUT2D eigenvalue weighted by Crippen LogP contribution is -2.47.